The van der Waals surface area contributed by atoms with Crippen LogP contribution in [0.4, 0.5) is 5.69 Å². The number of nitriles is 1. The number of sulfonamides is 1. The highest BCUT2D eigenvalue weighted by molar-refractivity contribution is 7.89. The molecule has 116 valence electrons. The summed E-state index contributed by atoms with van der Waals surface area (Å²) < 4.78 is 27.3. The zero-order valence-corrected chi connectivity index (χ0v) is 14.1. The summed E-state index contributed by atoms with van der Waals surface area (Å²) in [6.45, 7) is 9.15. The average molecular weight is 309 g/mol. The smallest absolute Gasteiger partial charge is 0.243 e. The van der Waals surface area contributed by atoms with Crippen LogP contribution in [-0.4, -0.2) is 25.3 Å². The second kappa shape index (κ2) is 6.46. The van der Waals surface area contributed by atoms with Crippen molar-refractivity contribution < 1.29 is 8.42 Å². The Labute approximate surface area is 127 Å². The van der Waals surface area contributed by atoms with Gasteiger partial charge in [-0.2, -0.15) is 9.57 Å². The molecule has 0 unspecified atom stereocenters. The standard InChI is InChI=1S/C15H23N3O2S/c1-10(2)18(8-6-7-16)21(19,20)15-12(4)9-11(3)14(17)13(15)5/h9-10H,6,8,17H2,1-5H3. The number of aryl methyl sites for hydroxylation is 2. The molecule has 0 saturated carbocycles. The topological polar surface area (TPSA) is 87.2 Å². The van der Waals surface area contributed by atoms with E-state index in [0.29, 0.717) is 16.8 Å². The van der Waals surface area contributed by atoms with Gasteiger partial charge in [0.2, 0.25) is 10.0 Å². The van der Waals surface area contributed by atoms with Gasteiger partial charge in [-0.05, 0) is 51.3 Å². The van der Waals surface area contributed by atoms with Gasteiger partial charge in [0.1, 0.15) is 0 Å². The quantitative estimate of drug-likeness (QED) is 0.847. The highest BCUT2D eigenvalue weighted by atomic mass is 32.2. The number of nitrogen functional groups attached to an aromatic ring is 1. The number of nitrogens with two attached hydrogens (primary N) is 1. The van der Waals surface area contributed by atoms with Gasteiger partial charge < -0.3 is 5.73 Å². The van der Waals surface area contributed by atoms with Crippen LogP contribution in [0.25, 0.3) is 0 Å². The Morgan fingerprint density at radius 2 is 1.86 bits per heavy atom. The summed E-state index contributed by atoms with van der Waals surface area (Å²) in [5, 5.41) is 8.73. The molecule has 0 aliphatic heterocycles. The van der Waals surface area contributed by atoms with E-state index in [4.69, 9.17) is 11.0 Å². The predicted octanol–water partition coefficient (Wildman–Crippen LogP) is 2.51. The van der Waals surface area contributed by atoms with Crippen molar-refractivity contribution in [3.05, 3.63) is 22.8 Å². The molecule has 0 heterocycles. The highest BCUT2D eigenvalue weighted by Crippen LogP contribution is 2.31. The van der Waals surface area contributed by atoms with E-state index in [2.05, 4.69) is 0 Å². The number of benzene rings is 1. The van der Waals surface area contributed by atoms with Crippen LogP contribution in [0.2, 0.25) is 0 Å². The summed E-state index contributed by atoms with van der Waals surface area (Å²) in [7, 11) is -3.67. The molecule has 0 spiro atoms. The normalized spacial score (nSPS) is 11.9. The minimum Gasteiger partial charge on any atom is -0.398 e. The van der Waals surface area contributed by atoms with Crippen molar-refractivity contribution >= 4 is 15.7 Å². The summed E-state index contributed by atoms with van der Waals surface area (Å²) in [6, 6.07) is 3.57. The van der Waals surface area contributed by atoms with Gasteiger partial charge in [0.15, 0.2) is 0 Å². The molecule has 0 radical (unpaired) electrons. The Morgan fingerprint density at radius 3 is 2.33 bits per heavy atom. The molecular weight excluding hydrogens is 286 g/mol. The van der Waals surface area contributed by atoms with Gasteiger partial charge in [-0.3, -0.25) is 0 Å². The Hall–Kier alpha value is -1.58. The van der Waals surface area contributed by atoms with Crippen molar-refractivity contribution in [1.29, 1.82) is 5.26 Å². The molecule has 0 aliphatic carbocycles. The van der Waals surface area contributed by atoms with Crippen molar-refractivity contribution in [1.82, 2.24) is 4.31 Å². The van der Waals surface area contributed by atoms with Gasteiger partial charge in [0, 0.05) is 24.7 Å². The van der Waals surface area contributed by atoms with Crippen LogP contribution < -0.4 is 5.73 Å². The molecule has 21 heavy (non-hydrogen) atoms. The van der Waals surface area contributed by atoms with Crippen LogP contribution in [0, 0.1) is 32.1 Å². The second-order valence-electron chi connectivity index (χ2n) is 5.50. The molecule has 5 nitrogen and oxygen atoms in total. The van der Waals surface area contributed by atoms with E-state index in [1.807, 2.05) is 13.0 Å². The zero-order chi connectivity index (χ0) is 16.4. The molecular formula is C15H23N3O2S. The summed E-state index contributed by atoms with van der Waals surface area (Å²) in [5.74, 6) is 0. The molecule has 0 bridgehead atoms. The van der Waals surface area contributed by atoms with Gasteiger partial charge in [-0.1, -0.05) is 6.07 Å². The minimum atomic E-state index is -3.67. The summed E-state index contributed by atoms with van der Waals surface area (Å²) in [4.78, 5) is 0.261. The first kappa shape index (κ1) is 17.5. The first-order valence-electron chi connectivity index (χ1n) is 6.89. The molecule has 0 amide bonds. The van der Waals surface area contributed by atoms with E-state index < -0.39 is 10.0 Å². The molecule has 1 aromatic rings. The minimum absolute atomic E-state index is 0.164. The molecule has 0 fully saturated rings. The molecule has 6 heteroatoms. The van der Waals surface area contributed by atoms with Crippen molar-refractivity contribution in [2.75, 3.05) is 12.3 Å². The fourth-order valence-electron chi connectivity index (χ4n) is 2.51. The molecule has 2 N–H and O–H groups in total. The van der Waals surface area contributed by atoms with Crippen molar-refractivity contribution in [3.8, 4) is 6.07 Å². The van der Waals surface area contributed by atoms with E-state index in [9.17, 15) is 8.42 Å². The van der Waals surface area contributed by atoms with Crippen LogP contribution >= 0.6 is 0 Å². The maximum absolute atomic E-state index is 12.9. The Bertz CT molecular complexity index is 673. The fourth-order valence-corrected chi connectivity index (χ4v) is 4.60. The Kier molecular flexibility index (Phi) is 5.37. The third-order valence-electron chi connectivity index (χ3n) is 3.55. The van der Waals surface area contributed by atoms with Crippen molar-refractivity contribution in [2.24, 2.45) is 0 Å². The number of hydrogen-bond donors (Lipinski definition) is 1. The lowest BCUT2D eigenvalue weighted by Crippen LogP contribution is -2.38. The fraction of sp³-hybridized carbons (Fsp3) is 0.533. The van der Waals surface area contributed by atoms with Crippen LogP contribution in [0.3, 0.4) is 0 Å². The van der Waals surface area contributed by atoms with Gasteiger partial charge in [0.25, 0.3) is 0 Å². The van der Waals surface area contributed by atoms with E-state index >= 15 is 0 Å². The van der Waals surface area contributed by atoms with Crippen LogP contribution in [0.5, 0.6) is 0 Å². The predicted molar refractivity (Wildman–Crippen MR) is 84.3 cm³/mol. The molecule has 1 aromatic carbocycles. The molecule has 0 atom stereocenters. The maximum atomic E-state index is 12.9. The summed E-state index contributed by atoms with van der Waals surface area (Å²) >= 11 is 0. The summed E-state index contributed by atoms with van der Waals surface area (Å²) in [5.41, 5.74) is 8.63. The highest BCUT2D eigenvalue weighted by Gasteiger charge is 2.30. The first-order valence-corrected chi connectivity index (χ1v) is 8.33. The Balaban J connectivity index is 3.50. The third-order valence-corrected chi connectivity index (χ3v) is 5.91. The molecule has 1 rings (SSSR count). The number of rotatable bonds is 5. The van der Waals surface area contributed by atoms with E-state index in [1.54, 1.807) is 33.8 Å². The number of hydrogen-bond acceptors (Lipinski definition) is 4. The molecule has 0 aromatic heterocycles. The molecule has 0 aliphatic rings. The van der Waals surface area contributed by atoms with Gasteiger partial charge in [-0.25, -0.2) is 8.42 Å². The summed E-state index contributed by atoms with van der Waals surface area (Å²) in [6.07, 6.45) is 0.164. The lowest BCUT2D eigenvalue weighted by molar-refractivity contribution is 0.360. The molecule has 0 saturated heterocycles. The van der Waals surface area contributed by atoms with E-state index in [1.165, 1.54) is 4.31 Å². The zero-order valence-electron chi connectivity index (χ0n) is 13.3. The van der Waals surface area contributed by atoms with Gasteiger partial charge in [-0.15, -0.1) is 0 Å². The van der Waals surface area contributed by atoms with Gasteiger partial charge >= 0.3 is 0 Å². The maximum Gasteiger partial charge on any atom is 0.243 e. The largest absolute Gasteiger partial charge is 0.398 e. The number of anilines is 1. The third kappa shape index (κ3) is 3.36. The van der Waals surface area contributed by atoms with Crippen LogP contribution in [-0.2, 0) is 10.0 Å². The Morgan fingerprint density at radius 1 is 1.29 bits per heavy atom. The first-order chi connectivity index (χ1) is 9.64. The number of nitrogens with zero attached hydrogens (tertiary/aromatic N) is 2. The van der Waals surface area contributed by atoms with E-state index in [-0.39, 0.29) is 23.9 Å². The second-order valence-corrected chi connectivity index (χ2v) is 7.32. The van der Waals surface area contributed by atoms with Gasteiger partial charge in [0.05, 0.1) is 11.0 Å². The van der Waals surface area contributed by atoms with Crippen molar-refractivity contribution in [2.45, 2.75) is 52.0 Å². The lowest BCUT2D eigenvalue weighted by Gasteiger charge is -2.27. The monoisotopic (exact) mass is 309 g/mol. The SMILES string of the molecule is Cc1cc(C)c(S(=O)(=O)N(CCC#N)C(C)C)c(C)c1N. The van der Waals surface area contributed by atoms with Crippen LogP contribution in [0.15, 0.2) is 11.0 Å². The van der Waals surface area contributed by atoms with Crippen molar-refractivity contribution in [3.63, 3.8) is 0 Å². The van der Waals surface area contributed by atoms with Crippen LogP contribution in [0.1, 0.15) is 37.0 Å². The average Bonchev–Trinajstić information content (AvgIpc) is 2.35. The lowest BCUT2D eigenvalue weighted by atomic mass is 10.1. The van der Waals surface area contributed by atoms with E-state index in [0.717, 1.165) is 5.56 Å².